The zero-order chi connectivity index (χ0) is 15.0. The molecule has 0 radical (unpaired) electrons. The van der Waals surface area contributed by atoms with E-state index in [4.69, 9.17) is 0 Å². The maximum absolute atomic E-state index is 12.1. The molecule has 2 heterocycles. The van der Waals surface area contributed by atoms with Gasteiger partial charge in [0, 0.05) is 25.3 Å². The van der Waals surface area contributed by atoms with Gasteiger partial charge in [0.05, 0.1) is 6.10 Å². The van der Waals surface area contributed by atoms with Gasteiger partial charge in [0.1, 0.15) is 10.7 Å². The Labute approximate surface area is 125 Å². The van der Waals surface area contributed by atoms with Gasteiger partial charge in [-0.15, -0.1) is 0 Å². The SMILES string of the molecule is C[C@H]1C[C@H](O)CN1c1ccc(S(=O)(=O)NCC2CC2)cn1. The molecular formula is C14H21N3O3S. The van der Waals surface area contributed by atoms with Gasteiger partial charge in [-0.2, -0.15) is 0 Å². The molecule has 0 amide bonds. The summed E-state index contributed by atoms with van der Waals surface area (Å²) >= 11 is 0. The van der Waals surface area contributed by atoms with Crippen LogP contribution in [0.15, 0.2) is 23.2 Å². The first-order valence-electron chi connectivity index (χ1n) is 7.36. The van der Waals surface area contributed by atoms with E-state index in [2.05, 4.69) is 9.71 Å². The summed E-state index contributed by atoms with van der Waals surface area (Å²) in [6.07, 6.45) is 3.97. The molecule has 1 aromatic rings. The van der Waals surface area contributed by atoms with E-state index in [0.717, 1.165) is 12.8 Å². The molecule has 2 atom stereocenters. The molecule has 2 N–H and O–H groups in total. The molecule has 0 spiro atoms. The Bertz CT molecular complexity index is 598. The van der Waals surface area contributed by atoms with Gasteiger partial charge in [-0.1, -0.05) is 0 Å². The Morgan fingerprint density at radius 3 is 2.71 bits per heavy atom. The molecule has 21 heavy (non-hydrogen) atoms. The van der Waals surface area contributed by atoms with Crippen LogP contribution in [0, 0.1) is 5.92 Å². The Morgan fingerprint density at radius 1 is 1.43 bits per heavy atom. The number of aliphatic hydroxyl groups excluding tert-OH is 1. The van der Waals surface area contributed by atoms with Gasteiger partial charge in [0.25, 0.3) is 0 Å². The number of nitrogens with zero attached hydrogens (tertiary/aromatic N) is 2. The summed E-state index contributed by atoms with van der Waals surface area (Å²) in [5.74, 6) is 1.21. The number of nitrogens with one attached hydrogen (secondary N) is 1. The fourth-order valence-corrected chi connectivity index (χ4v) is 3.72. The predicted octanol–water partition coefficient (Wildman–Crippen LogP) is 0.729. The first-order chi connectivity index (χ1) is 9.95. The van der Waals surface area contributed by atoms with E-state index in [-0.39, 0.29) is 17.0 Å². The van der Waals surface area contributed by atoms with Crippen molar-refractivity contribution in [1.29, 1.82) is 0 Å². The second-order valence-electron chi connectivity index (χ2n) is 6.04. The van der Waals surface area contributed by atoms with Crippen molar-refractivity contribution in [2.45, 2.75) is 43.2 Å². The minimum Gasteiger partial charge on any atom is -0.391 e. The largest absolute Gasteiger partial charge is 0.391 e. The molecule has 1 saturated carbocycles. The minimum atomic E-state index is -3.46. The van der Waals surface area contributed by atoms with Crippen molar-refractivity contribution in [3.8, 4) is 0 Å². The highest BCUT2D eigenvalue weighted by molar-refractivity contribution is 7.89. The smallest absolute Gasteiger partial charge is 0.242 e. The molecule has 1 aromatic heterocycles. The molecule has 0 aromatic carbocycles. The first-order valence-corrected chi connectivity index (χ1v) is 8.84. The van der Waals surface area contributed by atoms with Crippen molar-refractivity contribution >= 4 is 15.8 Å². The van der Waals surface area contributed by atoms with Gasteiger partial charge in [0.2, 0.25) is 10.0 Å². The molecule has 0 unspecified atom stereocenters. The second kappa shape index (κ2) is 5.55. The van der Waals surface area contributed by atoms with Crippen molar-refractivity contribution in [3.63, 3.8) is 0 Å². The van der Waals surface area contributed by atoms with Crippen molar-refractivity contribution in [1.82, 2.24) is 9.71 Å². The number of sulfonamides is 1. The van der Waals surface area contributed by atoms with Crippen LogP contribution >= 0.6 is 0 Å². The molecule has 1 aliphatic carbocycles. The molecule has 6 nitrogen and oxygen atoms in total. The van der Waals surface area contributed by atoms with Gasteiger partial charge < -0.3 is 10.0 Å². The van der Waals surface area contributed by atoms with Crippen molar-refractivity contribution in [2.24, 2.45) is 5.92 Å². The Balaban J connectivity index is 1.71. The topological polar surface area (TPSA) is 82.5 Å². The van der Waals surface area contributed by atoms with Crippen LogP contribution in [-0.2, 0) is 10.0 Å². The van der Waals surface area contributed by atoms with Crippen LogP contribution in [-0.4, -0.2) is 43.7 Å². The van der Waals surface area contributed by atoms with E-state index in [9.17, 15) is 13.5 Å². The third-order valence-corrected chi connectivity index (χ3v) is 5.55. The molecule has 116 valence electrons. The highest BCUT2D eigenvalue weighted by Crippen LogP contribution is 2.28. The van der Waals surface area contributed by atoms with Gasteiger partial charge in [-0.25, -0.2) is 18.1 Å². The number of β-amino-alcohol motifs (C(OH)–C–C–N with tert-alkyl or cyclic N) is 1. The van der Waals surface area contributed by atoms with Crippen LogP contribution in [0.4, 0.5) is 5.82 Å². The number of anilines is 1. The van der Waals surface area contributed by atoms with Crippen molar-refractivity contribution in [2.75, 3.05) is 18.0 Å². The van der Waals surface area contributed by atoms with Crippen LogP contribution in [0.5, 0.6) is 0 Å². The number of rotatable bonds is 5. The predicted molar refractivity (Wildman–Crippen MR) is 79.6 cm³/mol. The summed E-state index contributed by atoms with van der Waals surface area (Å²) in [5.41, 5.74) is 0. The van der Waals surface area contributed by atoms with E-state index < -0.39 is 10.0 Å². The summed E-state index contributed by atoms with van der Waals surface area (Å²) < 4.78 is 26.8. The highest BCUT2D eigenvalue weighted by atomic mass is 32.2. The average Bonchev–Trinajstić information content (AvgIpc) is 3.21. The molecular weight excluding hydrogens is 290 g/mol. The van der Waals surface area contributed by atoms with Crippen LogP contribution < -0.4 is 9.62 Å². The quantitative estimate of drug-likeness (QED) is 0.838. The van der Waals surface area contributed by atoms with Gasteiger partial charge >= 0.3 is 0 Å². The van der Waals surface area contributed by atoms with Gasteiger partial charge in [0.15, 0.2) is 0 Å². The molecule has 2 fully saturated rings. The first kappa shape index (κ1) is 14.7. The maximum Gasteiger partial charge on any atom is 0.242 e. The Kier molecular flexibility index (Phi) is 3.90. The standard InChI is InChI=1S/C14H21N3O3S/c1-10-6-12(18)9-17(10)14-5-4-13(8-15-14)21(19,20)16-7-11-2-3-11/h4-5,8,10-12,16,18H,2-3,6-7,9H2,1H3/t10-,12-/m0/s1. The molecule has 3 rings (SSSR count). The van der Waals surface area contributed by atoms with Crippen LogP contribution in [0.3, 0.4) is 0 Å². The number of pyridine rings is 1. The summed E-state index contributed by atoms with van der Waals surface area (Å²) in [4.78, 5) is 6.44. The van der Waals surface area contributed by atoms with Crippen LogP contribution in [0.1, 0.15) is 26.2 Å². The maximum atomic E-state index is 12.1. The van der Waals surface area contributed by atoms with E-state index in [1.807, 2.05) is 11.8 Å². The zero-order valence-electron chi connectivity index (χ0n) is 12.1. The van der Waals surface area contributed by atoms with Crippen molar-refractivity contribution in [3.05, 3.63) is 18.3 Å². The number of aromatic nitrogens is 1. The van der Waals surface area contributed by atoms with Crippen molar-refractivity contribution < 1.29 is 13.5 Å². The monoisotopic (exact) mass is 311 g/mol. The van der Waals surface area contributed by atoms with E-state index >= 15 is 0 Å². The number of hydrogen-bond donors (Lipinski definition) is 2. The molecule has 2 aliphatic rings. The lowest BCUT2D eigenvalue weighted by atomic mass is 10.2. The highest BCUT2D eigenvalue weighted by Gasteiger charge is 2.29. The summed E-state index contributed by atoms with van der Waals surface area (Å²) in [7, 11) is -3.46. The lowest BCUT2D eigenvalue weighted by Gasteiger charge is -2.22. The van der Waals surface area contributed by atoms with E-state index in [1.165, 1.54) is 6.20 Å². The van der Waals surface area contributed by atoms with Gasteiger partial charge in [-0.05, 0) is 44.2 Å². The lowest BCUT2D eigenvalue weighted by Crippen LogP contribution is -2.29. The average molecular weight is 311 g/mol. The number of aliphatic hydroxyl groups is 1. The fraction of sp³-hybridized carbons (Fsp3) is 0.643. The molecule has 7 heteroatoms. The van der Waals surface area contributed by atoms with Crippen LogP contribution in [0.25, 0.3) is 0 Å². The second-order valence-corrected chi connectivity index (χ2v) is 7.81. The Hall–Kier alpha value is -1.18. The third kappa shape index (κ3) is 3.36. The zero-order valence-corrected chi connectivity index (χ0v) is 12.9. The Morgan fingerprint density at radius 2 is 2.19 bits per heavy atom. The van der Waals surface area contributed by atoms with Gasteiger partial charge in [-0.3, -0.25) is 0 Å². The van der Waals surface area contributed by atoms with E-state index in [0.29, 0.717) is 31.2 Å². The third-order valence-electron chi connectivity index (χ3n) is 4.14. The summed E-state index contributed by atoms with van der Waals surface area (Å²) in [5, 5.41) is 9.67. The normalized spacial score (nSPS) is 26.3. The van der Waals surface area contributed by atoms with E-state index in [1.54, 1.807) is 12.1 Å². The summed E-state index contributed by atoms with van der Waals surface area (Å²) in [6, 6.07) is 3.50. The number of hydrogen-bond acceptors (Lipinski definition) is 5. The molecule has 1 saturated heterocycles. The summed E-state index contributed by atoms with van der Waals surface area (Å²) in [6.45, 7) is 3.08. The lowest BCUT2D eigenvalue weighted by molar-refractivity contribution is 0.195. The minimum absolute atomic E-state index is 0.194. The van der Waals surface area contributed by atoms with Crippen LogP contribution in [0.2, 0.25) is 0 Å². The molecule has 0 bridgehead atoms. The molecule has 1 aliphatic heterocycles. The fourth-order valence-electron chi connectivity index (χ4n) is 2.66.